The van der Waals surface area contributed by atoms with Crippen molar-refractivity contribution in [1.29, 1.82) is 0 Å². The summed E-state index contributed by atoms with van der Waals surface area (Å²) in [6.45, 7) is 6.68. The molecule has 0 spiro atoms. The fourth-order valence-electron chi connectivity index (χ4n) is 2.14. The van der Waals surface area contributed by atoms with Gasteiger partial charge in [-0.15, -0.1) is 0 Å². The summed E-state index contributed by atoms with van der Waals surface area (Å²) in [5, 5.41) is 23.6. The summed E-state index contributed by atoms with van der Waals surface area (Å²) >= 11 is 3.16. The van der Waals surface area contributed by atoms with Gasteiger partial charge >= 0.3 is 6.09 Å². The van der Waals surface area contributed by atoms with Crippen LogP contribution in [0.25, 0.3) is 0 Å². The van der Waals surface area contributed by atoms with Gasteiger partial charge in [-0.25, -0.2) is 4.79 Å². The third-order valence-electron chi connectivity index (χ3n) is 3.49. The van der Waals surface area contributed by atoms with Crippen molar-refractivity contribution < 1.29 is 24.3 Å². The van der Waals surface area contributed by atoms with Crippen molar-refractivity contribution >= 4 is 27.7 Å². The molecule has 1 rings (SSSR count). The van der Waals surface area contributed by atoms with Gasteiger partial charge in [0.1, 0.15) is 11.4 Å². The summed E-state index contributed by atoms with van der Waals surface area (Å²) in [6.07, 6.45) is -0.618. The highest BCUT2D eigenvalue weighted by molar-refractivity contribution is 9.10. The van der Waals surface area contributed by atoms with Crippen molar-refractivity contribution in [3.8, 4) is 5.75 Å². The van der Waals surface area contributed by atoms with Gasteiger partial charge in [-0.05, 0) is 42.8 Å². The first kappa shape index (κ1) is 21.2. The van der Waals surface area contributed by atoms with Crippen LogP contribution in [0.15, 0.2) is 16.6 Å². The number of carbonyl (C=O) groups excluding carboxylic acids is 1. The number of rotatable bonds is 6. The average molecular weight is 419 g/mol. The molecular weight excluding hydrogens is 396 g/mol. The number of amides is 1. The molecule has 1 aromatic rings. The van der Waals surface area contributed by atoms with Gasteiger partial charge in [0.2, 0.25) is 0 Å². The molecule has 140 valence electrons. The fourth-order valence-corrected chi connectivity index (χ4v) is 2.63. The van der Waals surface area contributed by atoms with Crippen LogP contribution in [0.5, 0.6) is 5.75 Å². The molecule has 0 heterocycles. The molecule has 9 heteroatoms. The number of benzene rings is 1. The molecule has 1 unspecified atom stereocenters. The molecular formula is C16H23BrN2O6. The Labute approximate surface area is 154 Å². The normalized spacial score (nSPS) is 13.7. The van der Waals surface area contributed by atoms with Gasteiger partial charge in [-0.2, -0.15) is 0 Å². The lowest BCUT2D eigenvalue weighted by molar-refractivity contribution is -0.385. The number of aliphatic hydroxyl groups excluding tert-OH is 1. The SMILES string of the molecule is COc1cc([N+](=O)[O-])c(Br)cc1C(C)(CO)CNC(=O)OC(C)(C)C. The number of methoxy groups -OCH3 is 1. The van der Waals surface area contributed by atoms with Crippen LogP contribution in [0.3, 0.4) is 0 Å². The van der Waals surface area contributed by atoms with Crippen molar-refractivity contribution in [2.75, 3.05) is 20.3 Å². The van der Waals surface area contributed by atoms with Crippen molar-refractivity contribution in [2.24, 2.45) is 0 Å². The highest BCUT2D eigenvalue weighted by Crippen LogP contribution is 2.38. The molecule has 0 radical (unpaired) electrons. The minimum absolute atomic E-state index is 0.0546. The molecule has 0 bridgehead atoms. The number of aliphatic hydroxyl groups is 1. The van der Waals surface area contributed by atoms with Crippen LogP contribution in [0, 0.1) is 10.1 Å². The number of halogens is 1. The van der Waals surface area contributed by atoms with E-state index in [4.69, 9.17) is 9.47 Å². The molecule has 0 aliphatic heterocycles. The Bertz CT molecular complexity index is 659. The van der Waals surface area contributed by atoms with Gasteiger partial charge in [0, 0.05) is 17.5 Å². The third-order valence-corrected chi connectivity index (χ3v) is 4.12. The van der Waals surface area contributed by atoms with E-state index < -0.39 is 22.0 Å². The van der Waals surface area contributed by atoms with E-state index >= 15 is 0 Å². The Kier molecular flexibility index (Phi) is 6.78. The largest absolute Gasteiger partial charge is 0.496 e. The van der Waals surface area contributed by atoms with Crippen LogP contribution in [0.2, 0.25) is 0 Å². The Morgan fingerprint density at radius 2 is 1.96 bits per heavy atom. The quantitative estimate of drug-likeness (QED) is 0.542. The van der Waals surface area contributed by atoms with Crippen molar-refractivity contribution in [3.05, 3.63) is 32.3 Å². The standard InChI is InChI=1S/C16H23BrN2O6/c1-15(2,3)25-14(21)18-8-16(4,9-20)10-6-11(17)12(19(22)23)7-13(10)24-5/h6-7,20H,8-9H2,1-5H3,(H,18,21). The number of nitrogens with one attached hydrogen (secondary N) is 1. The molecule has 1 amide bonds. The minimum Gasteiger partial charge on any atom is -0.496 e. The van der Waals surface area contributed by atoms with E-state index in [0.717, 1.165) is 0 Å². The first-order valence-electron chi connectivity index (χ1n) is 7.53. The van der Waals surface area contributed by atoms with Gasteiger partial charge in [-0.3, -0.25) is 10.1 Å². The smallest absolute Gasteiger partial charge is 0.407 e. The van der Waals surface area contributed by atoms with Gasteiger partial charge in [0.15, 0.2) is 0 Å². The Hall–Kier alpha value is -1.87. The zero-order chi connectivity index (χ0) is 19.4. The van der Waals surface area contributed by atoms with E-state index in [0.29, 0.717) is 5.56 Å². The summed E-state index contributed by atoms with van der Waals surface area (Å²) in [5.74, 6) is 0.248. The number of hydrogen-bond donors (Lipinski definition) is 2. The van der Waals surface area contributed by atoms with Gasteiger partial charge in [0.05, 0.1) is 29.2 Å². The zero-order valence-electron chi connectivity index (χ0n) is 14.9. The number of ether oxygens (including phenoxy) is 2. The molecule has 8 nitrogen and oxygen atoms in total. The van der Waals surface area contributed by atoms with Crippen LogP contribution < -0.4 is 10.1 Å². The van der Waals surface area contributed by atoms with Crippen LogP contribution in [-0.2, 0) is 10.2 Å². The maximum absolute atomic E-state index is 11.9. The average Bonchev–Trinajstić information content (AvgIpc) is 2.50. The number of nitrogens with zero attached hydrogens (tertiary/aromatic N) is 1. The van der Waals surface area contributed by atoms with E-state index in [2.05, 4.69) is 21.2 Å². The van der Waals surface area contributed by atoms with E-state index in [1.807, 2.05) is 0 Å². The van der Waals surface area contributed by atoms with Crippen LogP contribution >= 0.6 is 15.9 Å². The number of nitro benzene ring substituents is 1. The molecule has 2 N–H and O–H groups in total. The van der Waals surface area contributed by atoms with Crippen molar-refractivity contribution in [3.63, 3.8) is 0 Å². The molecule has 0 saturated heterocycles. The molecule has 0 fully saturated rings. The zero-order valence-corrected chi connectivity index (χ0v) is 16.5. The Morgan fingerprint density at radius 3 is 2.40 bits per heavy atom. The summed E-state index contributed by atoms with van der Waals surface area (Å²) in [6, 6.07) is 2.80. The molecule has 0 aromatic heterocycles. The molecule has 1 aromatic carbocycles. The number of alkyl carbamates (subject to hydrolysis) is 1. The van der Waals surface area contributed by atoms with Gasteiger partial charge in [-0.1, -0.05) is 6.92 Å². The molecule has 25 heavy (non-hydrogen) atoms. The minimum atomic E-state index is -0.931. The summed E-state index contributed by atoms with van der Waals surface area (Å²) in [7, 11) is 1.38. The molecule has 0 saturated carbocycles. The van der Waals surface area contributed by atoms with E-state index in [9.17, 15) is 20.0 Å². The maximum Gasteiger partial charge on any atom is 0.407 e. The van der Waals surface area contributed by atoms with E-state index in [1.54, 1.807) is 27.7 Å². The Morgan fingerprint density at radius 1 is 1.36 bits per heavy atom. The second-order valence-corrected chi connectivity index (χ2v) is 7.69. The van der Waals surface area contributed by atoms with Gasteiger partial charge < -0.3 is 19.9 Å². The van der Waals surface area contributed by atoms with Crippen molar-refractivity contribution in [2.45, 2.75) is 38.7 Å². The predicted octanol–water partition coefficient (Wildman–Crippen LogP) is 3.14. The highest BCUT2D eigenvalue weighted by Gasteiger charge is 2.33. The second-order valence-electron chi connectivity index (χ2n) is 6.84. The number of carbonyl (C=O) groups is 1. The lowest BCUT2D eigenvalue weighted by atomic mass is 9.82. The molecule has 0 aliphatic carbocycles. The van der Waals surface area contributed by atoms with Crippen molar-refractivity contribution in [1.82, 2.24) is 5.32 Å². The van der Waals surface area contributed by atoms with Crippen LogP contribution in [0.4, 0.5) is 10.5 Å². The van der Waals surface area contributed by atoms with E-state index in [-0.39, 0.29) is 29.1 Å². The summed E-state index contributed by atoms with van der Waals surface area (Å²) < 4.78 is 10.7. The maximum atomic E-state index is 11.9. The molecule has 1 atom stereocenters. The fraction of sp³-hybridized carbons (Fsp3) is 0.562. The molecule has 0 aliphatic rings. The Balaban J connectivity index is 3.14. The van der Waals surface area contributed by atoms with E-state index in [1.165, 1.54) is 19.2 Å². The third kappa shape index (κ3) is 5.57. The first-order valence-corrected chi connectivity index (χ1v) is 8.33. The highest BCUT2D eigenvalue weighted by atomic mass is 79.9. The summed E-state index contributed by atoms with van der Waals surface area (Å²) in [5.41, 5.74) is -1.21. The first-order chi connectivity index (χ1) is 11.4. The van der Waals surface area contributed by atoms with Gasteiger partial charge in [0.25, 0.3) is 5.69 Å². The predicted molar refractivity (Wildman–Crippen MR) is 96.0 cm³/mol. The monoisotopic (exact) mass is 418 g/mol. The topological polar surface area (TPSA) is 111 Å². The lowest BCUT2D eigenvalue weighted by Crippen LogP contribution is -2.43. The lowest BCUT2D eigenvalue weighted by Gasteiger charge is -2.30. The number of nitro groups is 1. The second kappa shape index (κ2) is 8.01. The number of hydrogen-bond acceptors (Lipinski definition) is 6. The summed E-state index contributed by atoms with van der Waals surface area (Å²) in [4.78, 5) is 22.4. The van der Waals surface area contributed by atoms with Crippen LogP contribution in [0.1, 0.15) is 33.3 Å². The van der Waals surface area contributed by atoms with Crippen LogP contribution in [-0.4, -0.2) is 42.0 Å².